The van der Waals surface area contributed by atoms with E-state index in [2.05, 4.69) is 24.9 Å². The highest BCUT2D eigenvalue weighted by atomic mass is 32.1. The monoisotopic (exact) mass is 167 g/mol. The first-order valence-electron chi connectivity index (χ1n) is 3.82. The fourth-order valence-corrected chi connectivity index (χ4v) is 0.978. The van der Waals surface area contributed by atoms with Crippen LogP contribution in [0, 0.1) is 0 Å². The average Bonchev–Trinajstić information content (AvgIpc) is 2.06. The van der Waals surface area contributed by atoms with Crippen LogP contribution < -0.4 is 5.32 Å². The third kappa shape index (κ3) is 2.85. The van der Waals surface area contributed by atoms with Gasteiger partial charge in [0.15, 0.2) is 0 Å². The fourth-order valence-electron chi connectivity index (χ4n) is 0.829. The van der Waals surface area contributed by atoms with Crippen molar-refractivity contribution >= 4 is 18.3 Å². The van der Waals surface area contributed by atoms with E-state index in [0.29, 0.717) is 0 Å². The van der Waals surface area contributed by atoms with Gasteiger partial charge in [0.2, 0.25) is 0 Å². The minimum atomic E-state index is 0.261. The molecular formula is C9H13NS. The summed E-state index contributed by atoms with van der Waals surface area (Å²) in [5.74, 6) is 0. The van der Waals surface area contributed by atoms with E-state index in [-0.39, 0.29) is 5.37 Å². The molecule has 0 amide bonds. The second-order valence-corrected chi connectivity index (χ2v) is 3.06. The lowest BCUT2D eigenvalue weighted by Gasteiger charge is -2.11. The molecule has 0 aliphatic rings. The van der Waals surface area contributed by atoms with Gasteiger partial charge in [-0.2, -0.15) is 12.6 Å². The molecule has 0 saturated heterocycles. The zero-order chi connectivity index (χ0) is 8.10. The maximum atomic E-state index is 4.33. The Balaban J connectivity index is 2.51. The summed E-state index contributed by atoms with van der Waals surface area (Å²) in [5, 5.41) is 3.52. The number of hydrogen-bond donors (Lipinski definition) is 2. The van der Waals surface area contributed by atoms with Crippen molar-refractivity contribution in [3.05, 3.63) is 30.3 Å². The van der Waals surface area contributed by atoms with Gasteiger partial charge in [-0.3, -0.25) is 0 Å². The number of nitrogens with one attached hydrogen (secondary N) is 1. The fraction of sp³-hybridized carbons (Fsp3) is 0.333. The van der Waals surface area contributed by atoms with E-state index in [9.17, 15) is 0 Å². The van der Waals surface area contributed by atoms with E-state index >= 15 is 0 Å². The molecule has 1 rings (SSSR count). The van der Waals surface area contributed by atoms with Crippen molar-refractivity contribution < 1.29 is 0 Å². The van der Waals surface area contributed by atoms with Crippen LogP contribution in [0.1, 0.15) is 13.3 Å². The molecule has 0 aromatic heterocycles. The van der Waals surface area contributed by atoms with Crippen LogP contribution in [0.5, 0.6) is 0 Å². The number of rotatable bonds is 3. The van der Waals surface area contributed by atoms with E-state index in [1.54, 1.807) is 0 Å². The van der Waals surface area contributed by atoms with Crippen LogP contribution in [-0.4, -0.2) is 5.37 Å². The number of hydrogen-bond acceptors (Lipinski definition) is 2. The van der Waals surface area contributed by atoms with Gasteiger partial charge in [0.25, 0.3) is 0 Å². The van der Waals surface area contributed by atoms with Crippen molar-refractivity contribution in [3.63, 3.8) is 0 Å². The molecule has 0 radical (unpaired) electrons. The van der Waals surface area contributed by atoms with Gasteiger partial charge < -0.3 is 5.32 Å². The van der Waals surface area contributed by atoms with Crippen LogP contribution >= 0.6 is 12.6 Å². The molecule has 0 aliphatic heterocycles. The van der Waals surface area contributed by atoms with E-state index in [0.717, 1.165) is 12.1 Å². The minimum Gasteiger partial charge on any atom is -0.374 e. The molecule has 1 N–H and O–H groups in total. The van der Waals surface area contributed by atoms with Crippen molar-refractivity contribution in [2.45, 2.75) is 18.7 Å². The molecule has 1 aromatic rings. The summed E-state index contributed by atoms with van der Waals surface area (Å²) in [6, 6.07) is 10.1. The summed E-state index contributed by atoms with van der Waals surface area (Å²) in [6.45, 7) is 2.10. The topological polar surface area (TPSA) is 12.0 Å². The van der Waals surface area contributed by atoms with Crippen molar-refractivity contribution in [3.8, 4) is 0 Å². The van der Waals surface area contributed by atoms with Crippen LogP contribution in [0.2, 0.25) is 0 Å². The molecule has 0 aliphatic carbocycles. The Labute approximate surface area is 73.2 Å². The first-order valence-corrected chi connectivity index (χ1v) is 4.34. The molecule has 1 aromatic carbocycles. The first-order chi connectivity index (χ1) is 5.33. The molecule has 2 heteroatoms. The highest BCUT2D eigenvalue weighted by Crippen LogP contribution is 2.09. The first kappa shape index (κ1) is 8.47. The second kappa shape index (κ2) is 4.29. The Morgan fingerprint density at radius 1 is 1.36 bits per heavy atom. The van der Waals surface area contributed by atoms with Crippen LogP contribution in [0.4, 0.5) is 5.69 Å². The molecule has 60 valence electrons. The largest absolute Gasteiger partial charge is 0.374 e. The minimum absolute atomic E-state index is 0.261. The van der Waals surface area contributed by atoms with Crippen LogP contribution in [0.25, 0.3) is 0 Å². The standard InChI is InChI=1S/C9H13NS/c1-2-9(11)10-8-6-4-3-5-7-8/h3-7,9-11H,2H2,1H3. The molecule has 0 heterocycles. The molecule has 1 unspecified atom stereocenters. The number of thiol groups is 1. The maximum absolute atomic E-state index is 4.33. The molecule has 0 spiro atoms. The van der Waals surface area contributed by atoms with E-state index in [4.69, 9.17) is 0 Å². The van der Waals surface area contributed by atoms with Gasteiger partial charge in [-0.05, 0) is 18.6 Å². The quantitative estimate of drug-likeness (QED) is 0.521. The van der Waals surface area contributed by atoms with Crippen LogP contribution in [0.3, 0.4) is 0 Å². The van der Waals surface area contributed by atoms with Gasteiger partial charge in [0.05, 0.1) is 5.37 Å². The smallest absolute Gasteiger partial charge is 0.0690 e. The molecule has 1 nitrogen and oxygen atoms in total. The maximum Gasteiger partial charge on any atom is 0.0690 e. The summed E-state index contributed by atoms with van der Waals surface area (Å²) >= 11 is 4.33. The lowest BCUT2D eigenvalue weighted by atomic mass is 10.3. The average molecular weight is 167 g/mol. The molecule has 0 fully saturated rings. The number of para-hydroxylation sites is 1. The van der Waals surface area contributed by atoms with Gasteiger partial charge in [-0.25, -0.2) is 0 Å². The van der Waals surface area contributed by atoms with E-state index < -0.39 is 0 Å². The van der Waals surface area contributed by atoms with Crippen LogP contribution in [-0.2, 0) is 0 Å². The summed E-state index contributed by atoms with van der Waals surface area (Å²) in [7, 11) is 0. The summed E-state index contributed by atoms with van der Waals surface area (Å²) in [4.78, 5) is 0. The Morgan fingerprint density at radius 3 is 2.55 bits per heavy atom. The highest BCUT2D eigenvalue weighted by Gasteiger charge is 1.96. The number of benzene rings is 1. The Hall–Kier alpha value is -0.630. The lowest BCUT2D eigenvalue weighted by Crippen LogP contribution is -2.09. The Bertz CT molecular complexity index is 198. The zero-order valence-corrected chi connectivity index (χ0v) is 7.51. The van der Waals surface area contributed by atoms with Crippen molar-refractivity contribution in [1.82, 2.24) is 0 Å². The summed E-state index contributed by atoms with van der Waals surface area (Å²) < 4.78 is 0. The summed E-state index contributed by atoms with van der Waals surface area (Å²) in [6.07, 6.45) is 1.03. The van der Waals surface area contributed by atoms with Crippen LogP contribution in [0.15, 0.2) is 30.3 Å². The van der Waals surface area contributed by atoms with Crippen molar-refractivity contribution in [1.29, 1.82) is 0 Å². The highest BCUT2D eigenvalue weighted by molar-refractivity contribution is 7.81. The van der Waals surface area contributed by atoms with Gasteiger partial charge in [0.1, 0.15) is 0 Å². The van der Waals surface area contributed by atoms with Gasteiger partial charge >= 0.3 is 0 Å². The molecule has 0 saturated carbocycles. The zero-order valence-electron chi connectivity index (χ0n) is 6.62. The molecule has 0 bridgehead atoms. The molecule has 1 atom stereocenters. The van der Waals surface area contributed by atoms with Gasteiger partial charge in [-0.1, -0.05) is 25.1 Å². The van der Waals surface area contributed by atoms with Gasteiger partial charge in [-0.15, -0.1) is 0 Å². The lowest BCUT2D eigenvalue weighted by molar-refractivity contribution is 0.926. The van der Waals surface area contributed by atoms with Crippen molar-refractivity contribution in [2.24, 2.45) is 0 Å². The third-order valence-electron chi connectivity index (χ3n) is 1.49. The Kier molecular flexibility index (Phi) is 3.30. The van der Waals surface area contributed by atoms with E-state index in [1.807, 2.05) is 30.3 Å². The number of anilines is 1. The normalized spacial score (nSPS) is 12.5. The predicted molar refractivity (Wildman–Crippen MR) is 53.1 cm³/mol. The molecule has 11 heavy (non-hydrogen) atoms. The van der Waals surface area contributed by atoms with Gasteiger partial charge in [0, 0.05) is 5.69 Å². The summed E-state index contributed by atoms with van der Waals surface area (Å²) in [5.41, 5.74) is 1.13. The molecular weight excluding hydrogens is 154 g/mol. The Morgan fingerprint density at radius 2 is 2.00 bits per heavy atom. The van der Waals surface area contributed by atoms with Crippen molar-refractivity contribution in [2.75, 3.05) is 5.32 Å². The predicted octanol–water partition coefficient (Wildman–Crippen LogP) is 2.76. The third-order valence-corrected chi connectivity index (χ3v) is 1.99. The SMILES string of the molecule is CCC(S)Nc1ccccc1. The van der Waals surface area contributed by atoms with E-state index in [1.165, 1.54) is 0 Å². The second-order valence-electron chi connectivity index (χ2n) is 2.43.